The molecule has 1 aromatic carbocycles. The van der Waals surface area contributed by atoms with E-state index in [0.717, 1.165) is 18.8 Å². The maximum Gasteiger partial charge on any atom is 0.289 e. The minimum Gasteiger partial charge on any atom is -0.258 e. The van der Waals surface area contributed by atoms with Crippen LogP contribution >= 0.6 is 15.9 Å². The molecular formula is C12H15BrN2O4S. The van der Waals surface area contributed by atoms with Crippen LogP contribution in [0.5, 0.6) is 0 Å². The van der Waals surface area contributed by atoms with Crippen molar-refractivity contribution in [2.75, 3.05) is 6.54 Å². The standard InChI is InChI=1S/C12H15BrN2O4S/c13-10-5-6-11(15(16)17)12(8-10)20(18,19)14-7-1-2-9-3-4-9/h5-6,8-9,14H,1-4,7H2. The molecule has 0 amide bonds. The average molecular weight is 363 g/mol. The Morgan fingerprint density at radius 1 is 1.40 bits per heavy atom. The molecule has 0 aromatic heterocycles. The summed E-state index contributed by atoms with van der Waals surface area (Å²) >= 11 is 3.13. The average Bonchev–Trinajstić information content (AvgIpc) is 3.18. The van der Waals surface area contributed by atoms with E-state index in [1.165, 1.54) is 31.0 Å². The SMILES string of the molecule is O=[N+]([O-])c1ccc(Br)cc1S(=O)(=O)NCCCC1CC1. The lowest BCUT2D eigenvalue weighted by Gasteiger charge is -2.07. The molecule has 6 nitrogen and oxygen atoms in total. The third kappa shape index (κ3) is 4.00. The molecule has 0 saturated heterocycles. The topological polar surface area (TPSA) is 89.3 Å². The molecule has 1 aliphatic carbocycles. The summed E-state index contributed by atoms with van der Waals surface area (Å²) in [6.45, 7) is 0.308. The normalized spacial score (nSPS) is 15.2. The third-order valence-corrected chi connectivity index (χ3v) is 5.17. The fourth-order valence-corrected chi connectivity index (χ4v) is 3.72. The molecule has 110 valence electrons. The first-order chi connectivity index (χ1) is 9.40. The Labute approximate surface area is 125 Å². The molecule has 0 spiro atoms. The van der Waals surface area contributed by atoms with Gasteiger partial charge in [0.15, 0.2) is 4.90 Å². The van der Waals surface area contributed by atoms with E-state index in [-0.39, 0.29) is 4.90 Å². The van der Waals surface area contributed by atoms with E-state index in [1.807, 2.05) is 0 Å². The molecule has 1 N–H and O–H groups in total. The minimum atomic E-state index is -3.86. The summed E-state index contributed by atoms with van der Waals surface area (Å²) in [7, 11) is -3.86. The zero-order valence-electron chi connectivity index (χ0n) is 10.7. The first-order valence-corrected chi connectivity index (χ1v) is 8.61. The van der Waals surface area contributed by atoms with Crippen molar-refractivity contribution in [1.29, 1.82) is 0 Å². The predicted octanol–water partition coefficient (Wildman–Crippen LogP) is 2.83. The molecule has 1 fully saturated rings. The van der Waals surface area contributed by atoms with Gasteiger partial charge in [-0.15, -0.1) is 0 Å². The van der Waals surface area contributed by atoms with Gasteiger partial charge < -0.3 is 0 Å². The van der Waals surface area contributed by atoms with Crippen LogP contribution in [0.4, 0.5) is 5.69 Å². The Balaban J connectivity index is 2.10. The molecule has 1 aromatic rings. The fraction of sp³-hybridized carbons (Fsp3) is 0.500. The van der Waals surface area contributed by atoms with E-state index < -0.39 is 20.6 Å². The molecule has 0 bridgehead atoms. The Bertz CT molecular complexity index is 614. The van der Waals surface area contributed by atoms with Crippen LogP contribution < -0.4 is 4.72 Å². The van der Waals surface area contributed by atoms with E-state index in [1.54, 1.807) is 0 Å². The van der Waals surface area contributed by atoms with Crippen molar-refractivity contribution in [2.24, 2.45) is 5.92 Å². The second kappa shape index (κ2) is 6.19. The van der Waals surface area contributed by atoms with Crippen molar-refractivity contribution >= 4 is 31.6 Å². The van der Waals surface area contributed by atoms with E-state index in [9.17, 15) is 18.5 Å². The van der Waals surface area contributed by atoms with E-state index in [0.29, 0.717) is 11.0 Å². The first kappa shape index (κ1) is 15.4. The van der Waals surface area contributed by atoms with Crippen molar-refractivity contribution < 1.29 is 13.3 Å². The summed E-state index contributed by atoms with van der Waals surface area (Å²) < 4.78 is 27.2. The number of nitro groups is 1. The van der Waals surface area contributed by atoms with Crippen LogP contribution in [0.2, 0.25) is 0 Å². The van der Waals surface area contributed by atoms with Gasteiger partial charge in [-0.3, -0.25) is 10.1 Å². The lowest BCUT2D eigenvalue weighted by molar-refractivity contribution is -0.387. The van der Waals surface area contributed by atoms with Crippen LogP contribution in [0.1, 0.15) is 25.7 Å². The summed E-state index contributed by atoms with van der Waals surface area (Å²) in [5.41, 5.74) is -0.414. The van der Waals surface area contributed by atoms with E-state index in [4.69, 9.17) is 0 Å². The maximum absolute atomic E-state index is 12.1. The van der Waals surface area contributed by atoms with Gasteiger partial charge >= 0.3 is 0 Å². The summed E-state index contributed by atoms with van der Waals surface area (Å²) in [6, 6.07) is 3.88. The second-order valence-electron chi connectivity index (χ2n) is 4.85. The van der Waals surface area contributed by atoms with Gasteiger partial charge in [0.25, 0.3) is 5.69 Å². The number of rotatable bonds is 7. The van der Waals surface area contributed by atoms with Gasteiger partial charge in [-0.25, -0.2) is 13.1 Å². The lowest BCUT2D eigenvalue weighted by atomic mass is 10.2. The van der Waals surface area contributed by atoms with Crippen LogP contribution in [0.3, 0.4) is 0 Å². The van der Waals surface area contributed by atoms with Crippen molar-refractivity contribution in [2.45, 2.75) is 30.6 Å². The molecule has 0 unspecified atom stereocenters. The van der Waals surface area contributed by atoms with Crippen molar-refractivity contribution in [3.8, 4) is 0 Å². The van der Waals surface area contributed by atoms with Crippen molar-refractivity contribution in [3.63, 3.8) is 0 Å². The third-order valence-electron chi connectivity index (χ3n) is 3.19. The van der Waals surface area contributed by atoms with Gasteiger partial charge in [0.05, 0.1) is 4.92 Å². The summed E-state index contributed by atoms with van der Waals surface area (Å²) in [5.74, 6) is 0.736. The number of benzene rings is 1. The Morgan fingerprint density at radius 3 is 2.70 bits per heavy atom. The highest BCUT2D eigenvalue weighted by atomic mass is 79.9. The number of halogens is 1. The van der Waals surface area contributed by atoms with Gasteiger partial charge in [0.2, 0.25) is 10.0 Å². The Morgan fingerprint density at radius 2 is 2.10 bits per heavy atom. The van der Waals surface area contributed by atoms with Crippen LogP contribution in [0.25, 0.3) is 0 Å². The van der Waals surface area contributed by atoms with Gasteiger partial charge in [-0.2, -0.15) is 0 Å². The molecule has 0 aliphatic heterocycles. The number of hydrogen-bond acceptors (Lipinski definition) is 4. The van der Waals surface area contributed by atoms with Crippen LogP contribution in [0, 0.1) is 16.0 Å². The summed E-state index contributed by atoms with van der Waals surface area (Å²) in [5, 5.41) is 10.9. The van der Waals surface area contributed by atoms with Crippen LogP contribution in [-0.4, -0.2) is 19.9 Å². The minimum absolute atomic E-state index is 0.303. The van der Waals surface area contributed by atoms with Crippen LogP contribution in [0.15, 0.2) is 27.6 Å². The van der Waals surface area contributed by atoms with Gasteiger partial charge in [-0.05, 0) is 30.9 Å². The van der Waals surface area contributed by atoms with Crippen molar-refractivity contribution in [3.05, 3.63) is 32.8 Å². The number of hydrogen-bond donors (Lipinski definition) is 1. The zero-order chi connectivity index (χ0) is 14.8. The Kier molecular flexibility index (Phi) is 4.77. The highest BCUT2D eigenvalue weighted by Gasteiger charge is 2.26. The predicted molar refractivity (Wildman–Crippen MR) is 77.9 cm³/mol. The Hall–Kier alpha value is -0.990. The quantitative estimate of drug-likeness (QED) is 0.458. The number of nitro benzene ring substituents is 1. The first-order valence-electron chi connectivity index (χ1n) is 6.34. The highest BCUT2D eigenvalue weighted by Crippen LogP contribution is 2.33. The molecular weight excluding hydrogens is 348 g/mol. The molecule has 8 heteroatoms. The largest absolute Gasteiger partial charge is 0.289 e. The number of sulfonamides is 1. The smallest absolute Gasteiger partial charge is 0.258 e. The second-order valence-corrected chi connectivity index (χ2v) is 7.50. The fourth-order valence-electron chi connectivity index (χ4n) is 1.94. The summed E-state index contributed by atoms with van der Waals surface area (Å²) in [4.78, 5) is 9.91. The lowest BCUT2D eigenvalue weighted by Crippen LogP contribution is -2.25. The zero-order valence-corrected chi connectivity index (χ0v) is 13.1. The molecule has 0 heterocycles. The molecule has 1 saturated carbocycles. The van der Waals surface area contributed by atoms with E-state index >= 15 is 0 Å². The number of nitrogens with one attached hydrogen (secondary N) is 1. The monoisotopic (exact) mass is 362 g/mol. The molecule has 1 aliphatic rings. The maximum atomic E-state index is 12.1. The molecule has 2 rings (SSSR count). The highest BCUT2D eigenvalue weighted by molar-refractivity contribution is 9.10. The van der Waals surface area contributed by atoms with Crippen LogP contribution in [-0.2, 0) is 10.0 Å². The van der Waals surface area contributed by atoms with Gasteiger partial charge in [0.1, 0.15) is 0 Å². The molecule has 0 radical (unpaired) electrons. The summed E-state index contributed by atoms with van der Waals surface area (Å²) in [6.07, 6.45) is 4.21. The van der Waals surface area contributed by atoms with Gasteiger partial charge in [-0.1, -0.05) is 28.8 Å². The number of nitrogens with zero attached hydrogens (tertiary/aromatic N) is 1. The van der Waals surface area contributed by atoms with Crippen molar-refractivity contribution in [1.82, 2.24) is 4.72 Å². The van der Waals surface area contributed by atoms with E-state index in [2.05, 4.69) is 20.7 Å². The molecule has 0 atom stereocenters. The van der Waals surface area contributed by atoms with Gasteiger partial charge in [0, 0.05) is 17.1 Å². The molecule has 20 heavy (non-hydrogen) atoms.